The van der Waals surface area contributed by atoms with E-state index in [1.165, 1.54) is 12.1 Å². The largest absolute Gasteiger partial charge is 0.284 e. The van der Waals surface area contributed by atoms with Gasteiger partial charge in [-0.15, -0.1) is 0 Å². The minimum Gasteiger partial charge on any atom is -0.284 e. The van der Waals surface area contributed by atoms with Crippen molar-refractivity contribution in [3.05, 3.63) is 42.3 Å². The third-order valence-corrected chi connectivity index (χ3v) is 1.02. The van der Waals surface area contributed by atoms with Crippen LogP contribution in [0.25, 0.3) is 0 Å². The molecular formula is C7H5F2-. The van der Waals surface area contributed by atoms with E-state index in [0.717, 1.165) is 6.07 Å². The van der Waals surface area contributed by atoms with Gasteiger partial charge in [-0.2, -0.15) is 18.6 Å². The van der Waals surface area contributed by atoms with Gasteiger partial charge in [0.05, 0.1) is 0 Å². The maximum Gasteiger partial charge on any atom is 0.101 e. The normalized spacial score (nSPS) is 9.56. The summed E-state index contributed by atoms with van der Waals surface area (Å²) in [5.41, 5.74) is 0.219. The molecule has 0 nitrogen and oxygen atoms in total. The highest BCUT2D eigenvalue weighted by molar-refractivity contribution is 5.20. The van der Waals surface area contributed by atoms with Crippen LogP contribution in [0.15, 0.2) is 18.2 Å². The third-order valence-electron chi connectivity index (χ3n) is 1.02. The fraction of sp³-hybridized carbons (Fsp3) is 0. The Morgan fingerprint density at radius 1 is 1.22 bits per heavy atom. The molecule has 2 heteroatoms. The molecule has 0 bridgehead atoms. The Labute approximate surface area is 52.1 Å². The van der Waals surface area contributed by atoms with Crippen molar-refractivity contribution < 1.29 is 8.78 Å². The van der Waals surface area contributed by atoms with Crippen molar-refractivity contribution >= 4 is 0 Å². The van der Waals surface area contributed by atoms with Gasteiger partial charge >= 0.3 is 0 Å². The van der Waals surface area contributed by atoms with Gasteiger partial charge in [0, 0.05) is 5.82 Å². The van der Waals surface area contributed by atoms with Crippen LogP contribution < -0.4 is 0 Å². The van der Waals surface area contributed by atoms with Gasteiger partial charge in [0.15, 0.2) is 0 Å². The van der Waals surface area contributed by atoms with Gasteiger partial charge in [-0.3, -0.25) is 4.39 Å². The predicted molar refractivity (Wildman–Crippen MR) is 30.8 cm³/mol. The smallest absolute Gasteiger partial charge is 0.101 e. The molecule has 0 saturated carbocycles. The minimum absolute atomic E-state index is 0.219. The molecule has 0 unspecified atom stereocenters. The molecule has 9 heavy (non-hydrogen) atoms. The maximum absolute atomic E-state index is 12.3. The SMILES string of the molecule is [CH2-]c1ccc(F)cc1F. The van der Waals surface area contributed by atoms with Crippen LogP contribution in [0.4, 0.5) is 8.78 Å². The van der Waals surface area contributed by atoms with Crippen LogP contribution in [-0.4, -0.2) is 0 Å². The van der Waals surface area contributed by atoms with E-state index in [1.54, 1.807) is 0 Å². The lowest BCUT2D eigenvalue weighted by Gasteiger charge is -2.01. The Bertz CT molecular complexity index is 218. The van der Waals surface area contributed by atoms with E-state index >= 15 is 0 Å². The second-order valence-corrected chi connectivity index (χ2v) is 1.74. The fourth-order valence-corrected chi connectivity index (χ4v) is 0.522. The van der Waals surface area contributed by atoms with Gasteiger partial charge in [-0.1, -0.05) is 6.07 Å². The van der Waals surface area contributed by atoms with Crippen LogP contribution in [0, 0.1) is 18.6 Å². The van der Waals surface area contributed by atoms with Crippen molar-refractivity contribution in [2.75, 3.05) is 0 Å². The van der Waals surface area contributed by atoms with E-state index < -0.39 is 11.6 Å². The summed E-state index contributed by atoms with van der Waals surface area (Å²) < 4.78 is 24.4. The monoisotopic (exact) mass is 127 g/mol. The molecule has 0 aromatic heterocycles. The Morgan fingerprint density at radius 3 is 2.33 bits per heavy atom. The summed E-state index contributed by atoms with van der Waals surface area (Å²) in [6.07, 6.45) is 0. The summed E-state index contributed by atoms with van der Waals surface area (Å²) >= 11 is 0. The van der Waals surface area contributed by atoms with Crippen LogP contribution in [0.3, 0.4) is 0 Å². The molecule has 48 valence electrons. The van der Waals surface area contributed by atoms with E-state index in [4.69, 9.17) is 0 Å². The molecule has 1 aromatic rings. The van der Waals surface area contributed by atoms with Gasteiger partial charge in [0.2, 0.25) is 0 Å². The average Bonchev–Trinajstić information content (AvgIpc) is 1.80. The molecular weight excluding hydrogens is 122 g/mol. The van der Waals surface area contributed by atoms with E-state index in [-0.39, 0.29) is 5.56 Å². The zero-order chi connectivity index (χ0) is 6.85. The summed E-state index contributed by atoms with van der Waals surface area (Å²) in [5, 5.41) is 0. The van der Waals surface area contributed by atoms with Crippen LogP contribution >= 0.6 is 0 Å². The Balaban J connectivity index is 3.17. The summed E-state index contributed by atoms with van der Waals surface area (Å²) in [7, 11) is 0. The first-order valence-electron chi connectivity index (χ1n) is 2.47. The maximum atomic E-state index is 12.3. The zero-order valence-electron chi connectivity index (χ0n) is 4.70. The Morgan fingerprint density at radius 2 is 1.89 bits per heavy atom. The van der Waals surface area contributed by atoms with Crippen LogP contribution in [-0.2, 0) is 0 Å². The molecule has 0 aliphatic rings. The molecule has 0 radical (unpaired) electrons. The van der Waals surface area contributed by atoms with Crippen molar-refractivity contribution in [3.8, 4) is 0 Å². The van der Waals surface area contributed by atoms with Crippen molar-refractivity contribution in [1.29, 1.82) is 0 Å². The van der Waals surface area contributed by atoms with E-state index in [9.17, 15) is 8.78 Å². The van der Waals surface area contributed by atoms with Crippen molar-refractivity contribution in [2.45, 2.75) is 0 Å². The summed E-state index contributed by atoms with van der Waals surface area (Å²) in [6.45, 7) is 3.32. The number of benzene rings is 1. The number of halogens is 2. The lowest BCUT2D eigenvalue weighted by Crippen LogP contribution is -1.81. The van der Waals surface area contributed by atoms with Crippen molar-refractivity contribution in [1.82, 2.24) is 0 Å². The van der Waals surface area contributed by atoms with Crippen LogP contribution in [0.1, 0.15) is 5.56 Å². The van der Waals surface area contributed by atoms with Gasteiger partial charge in [0.1, 0.15) is 5.82 Å². The number of hydrogen-bond donors (Lipinski definition) is 0. The van der Waals surface area contributed by atoms with Crippen LogP contribution in [0.2, 0.25) is 0 Å². The fourth-order valence-electron chi connectivity index (χ4n) is 0.522. The number of rotatable bonds is 0. The molecule has 0 amide bonds. The Hall–Kier alpha value is -1.05. The first-order chi connectivity index (χ1) is 4.20. The molecule has 0 aliphatic heterocycles. The van der Waals surface area contributed by atoms with E-state index in [0.29, 0.717) is 0 Å². The first kappa shape index (κ1) is 6.08. The quantitative estimate of drug-likeness (QED) is 0.468. The molecule has 0 N–H and O–H groups in total. The highest BCUT2D eigenvalue weighted by Crippen LogP contribution is 2.06. The Kier molecular flexibility index (Phi) is 1.39. The molecule has 0 saturated heterocycles. The van der Waals surface area contributed by atoms with Gasteiger partial charge in [0.25, 0.3) is 0 Å². The van der Waals surface area contributed by atoms with Crippen molar-refractivity contribution in [3.63, 3.8) is 0 Å². The second kappa shape index (κ2) is 2.05. The van der Waals surface area contributed by atoms with E-state index in [1.807, 2.05) is 0 Å². The van der Waals surface area contributed by atoms with Gasteiger partial charge in [-0.05, 0) is 6.07 Å². The standard InChI is InChI=1S/C7H5F2/c1-5-2-3-6(8)4-7(5)9/h2-4H,1H2/q-1. The molecule has 0 fully saturated rings. The molecule has 0 atom stereocenters. The van der Waals surface area contributed by atoms with Gasteiger partial charge < -0.3 is 0 Å². The van der Waals surface area contributed by atoms with E-state index in [2.05, 4.69) is 6.92 Å². The second-order valence-electron chi connectivity index (χ2n) is 1.74. The lowest BCUT2D eigenvalue weighted by atomic mass is 10.2. The lowest BCUT2D eigenvalue weighted by molar-refractivity contribution is 0.580. The first-order valence-corrected chi connectivity index (χ1v) is 2.47. The van der Waals surface area contributed by atoms with Gasteiger partial charge in [-0.25, -0.2) is 4.39 Å². The molecule has 0 spiro atoms. The van der Waals surface area contributed by atoms with Crippen LogP contribution in [0.5, 0.6) is 0 Å². The van der Waals surface area contributed by atoms with Crippen molar-refractivity contribution in [2.24, 2.45) is 0 Å². The third kappa shape index (κ3) is 1.19. The molecule has 0 heterocycles. The predicted octanol–water partition coefficient (Wildman–Crippen LogP) is 2.15. The highest BCUT2D eigenvalue weighted by atomic mass is 19.1. The molecule has 1 aromatic carbocycles. The molecule has 1 rings (SSSR count). The summed E-state index contributed by atoms with van der Waals surface area (Å²) in [4.78, 5) is 0. The zero-order valence-corrected chi connectivity index (χ0v) is 4.70. The topological polar surface area (TPSA) is 0 Å². The molecule has 0 aliphatic carbocycles. The average molecular weight is 127 g/mol. The number of hydrogen-bond acceptors (Lipinski definition) is 0. The summed E-state index contributed by atoms with van der Waals surface area (Å²) in [5.74, 6) is -1.17. The highest BCUT2D eigenvalue weighted by Gasteiger charge is 1.87. The summed E-state index contributed by atoms with van der Waals surface area (Å²) in [6, 6.07) is 3.28. The minimum atomic E-state index is -0.602.